The minimum Gasteiger partial charge on any atom is -0.405 e. The number of amides is 1. The van der Waals surface area contributed by atoms with E-state index in [1.54, 1.807) is 0 Å². The highest BCUT2D eigenvalue weighted by Crippen LogP contribution is 2.27. The zero-order chi connectivity index (χ0) is 18.6. The number of non-ortho nitro benzene ring substituents is 1. The molecule has 0 saturated heterocycles. The molecule has 0 N–H and O–H groups in total. The summed E-state index contributed by atoms with van der Waals surface area (Å²) in [4.78, 5) is 23.6. The third-order valence-electron chi connectivity index (χ3n) is 3.26. The molecular weight excluding hydrogens is 341 g/mol. The van der Waals surface area contributed by atoms with Crippen LogP contribution in [0.3, 0.4) is 0 Å². The van der Waals surface area contributed by atoms with Crippen LogP contribution in [0.25, 0.3) is 0 Å². The van der Waals surface area contributed by atoms with Crippen LogP contribution in [-0.2, 0) is 6.54 Å². The molecule has 0 spiro atoms. The molecule has 25 heavy (non-hydrogen) atoms. The number of benzene rings is 2. The van der Waals surface area contributed by atoms with Crippen LogP contribution >= 0.6 is 0 Å². The molecule has 2 aromatic rings. The third-order valence-corrected chi connectivity index (χ3v) is 3.26. The van der Waals surface area contributed by atoms with Crippen molar-refractivity contribution in [1.29, 1.82) is 0 Å². The van der Waals surface area contributed by atoms with E-state index in [9.17, 15) is 28.1 Å². The lowest BCUT2D eigenvalue weighted by Gasteiger charge is -2.20. The van der Waals surface area contributed by atoms with Crippen molar-refractivity contribution in [2.24, 2.45) is 0 Å². The van der Waals surface area contributed by atoms with E-state index in [2.05, 4.69) is 4.74 Å². The number of para-hydroxylation sites is 1. The second kappa shape index (κ2) is 7.20. The first-order valence-corrected chi connectivity index (χ1v) is 7.01. The quantitative estimate of drug-likeness (QED) is 0.605. The number of nitro benzene ring substituents is 1. The lowest BCUT2D eigenvalue weighted by atomic mass is 10.1. The largest absolute Gasteiger partial charge is 0.573 e. The number of ether oxygens (including phenoxy) is 1. The van der Waals surface area contributed by atoms with Gasteiger partial charge in [0.2, 0.25) is 0 Å². The Kier molecular flexibility index (Phi) is 5.26. The summed E-state index contributed by atoms with van der Waals surface area (Å²) in [6.45, 7) is -0.159. The van der Waals surface area contributed by atoms with E-state index in [0.717, 1.165) is 17.0 Å². The van der Waals surface area contributed by atoms with Crippen molar-refractivity contribution in [3.05, 3.63) is 69.8 Å². The van der Waals surface area contributed by atoms with Crippen LogP contribution in [0, 0.1) is 10.1 Å². The summed E-state index contributed by atoms with van der Waals surface area (Å²) in [7, 11) is 1.38. The number of nitrogens with zero attached hydrogens (tertiary/aromatic N) is 2. The molecule has 0 aliphatic rings. The van der Waals surface area contributed by atoms with E-state index in [1.165, 1.54) is 43.4 Å². The standard InChI is InChI=1S/C16H13F3N2O4/c1-20(15(22)11-6-4-7-13(9-11)21(23)24)10-12-5-2-3-8-14(12)25-16(17,18)19/h2-9H,10H2,1H3. The Morgan fingerprint density at radius 2 is 1.88 bits per heavy atom. The summed E-state index contributed by atoms with van der Waals surface area (Å²) in [6, 6.07) is 10.5. The highest BCUT2D eigenvalue weighted by Gasteiger charge is 2.32. The van der Waals surface area contributed by atoms with Gasteiger partial charge in [-0.05, 0) is 12.1 Å². The second-order valence-corrected chi connectivity index (χ2v) is 5.12. The molecule has 0 bridgehead atoms. The summed E-state index contributed by atoms with van der Waals surface area (Å²) in [5, 5.41) is 10.8. The van der Waals surface area contributed by atoms with Crippen molar-refractivity contribution in [1.82, 2.24) is 4.90 Å². The van der Waals surface area contributed by atoms with Crippen molar-refractivity contribution in [2.45, 2.75) is 12.9 Å². The fourth-order valence-corrected chi connectivity index (χ4v) is 2.16. The van der Waals surface area contributed by atoms with Gasteiger partial charge in [0.1, 0.15) is 5.75 Å². The molecule has 0 aliphatic carbocycles. The van der Waals surface area contributed by atoms with Crippen molar-refractivity contribution >= 4 is 11.6 Å². The van der Waals surface area contributed by atoms with Crippen LogP contribution in [-0.4, -0.2) is 29.1 Å². The Hall–Kier alpha value is -3.10. The van der Waals surface area contributed by atoms with E-state index in [-0.39, 0.29) is 23.4 Å². The normalized spacial score (nSPS) is 11.0. The van der Waals surface area contributed by atoms with E-state index in [4.69, 9.17) is 0 Å². The summed E-state index contributed by atoms with van der Waals surface area (Å²) < 4.78 is 41.2. The van der Waals surface area contributed by atoms with Crippen LogP contribution in [0.15, 0.2) is 48.5 Å². The molecule has 0 aliphatic heterocycles. The first-order valence-electron chi connectivity index (χ1n) is 7.01. The Balaban J connectivity index is 2.20. The minimum absolute atomic E-state index is 0.0610. The number of alkyl halides is 3. The van der Waals surface area contributed by atoms with Gasteiger partial charge in [0.25, 0.3) is 11.6 Å². The van der Waals surface area contributed by atoms with Gasteiger partial charge in [-0.3, -0.25) is 14.9 Å². The van der Waals surface area contributed by atoms with Gasteiger partial charge in [-0.25, -0.2) is 0 Å². The molecule has 0 unspecified atom stereocenters. The average molecular weight is 354 g/mol. The van der Waals surface area contributed by atoms with Crippen molar-refractivity contribution < 1.29 is 27.6 Å². The van der Waals surface area contributed by atoms with Crippen LogP contribution in [0.4, 0.5) is 18.9 Å². The van der Waals surface area contributed by atoms with Crippen LogP contribution in [0.1, 0.15) is 15.9 Å². The summed E-state index contributed by atoms with van der Waals surface area (Å²) >= 11 is 0. The second-order valence-electron chi connectivity index (χ2n) is 5.12. The van der Waals surface area contributed by atoms with Crippen LogP contribution in [0.2, 0.25) is 0 Å². The number of hydrogen-bond acceptors (Lipinski definition) is 4. The Bertz CT molecular complexity index is 793. The fraction of sp³-hybridized carbons (Fsp3) is 0.188. The maximum atomic E-state index is 12.4. The molecule has 0 atom stereocenters. The van der Waals surface area contributed by atoms with Gasteiger partial charge in [-0.1, -0.05) is 24.3 Å². The molecule has 0 radical (unpaired) electrons. The molecule has 2 aromatic carbocycles. The van der Waals surface area contributed by atoms with Crippen LogP contribution in [0.5, 0.6) is 5.75 Å². The molecule has 2 rings (SSSR count). The monoisotopic (exact) mass is 354 g/mol. The van der Waals surface area contributed by atoms with Gasteiger partial charge in [-0.15, -0.1) is 13.2 Å². The van der Waals surface area contributed by atoms with Crippen LogP contribution < -0.4 is 4.74 Å². The lowest BCUT2D eigenvalue weighted by molar-refractivity contribution is -0.384. The first-order chi connectivity index (χ1) is 11.7. The maximum absolute atomic E-state index is 12.4. The van der Waals surface area contributed by atoms with E-state index < -0.39 is 22.9 Å². The predicted molar refractivity (Wildman–Crippen MR) is 82.0 cm³/mol. The predicted octanol–water partition coefficient (Wildman–Crippen LogP) is 3.77. The number of hydrogen-bond donors (Lipinski definition) is 0. The van der Waals surface area contributed by atoms with Crippen molar-refractivity contribution in [2.75, 3.05) is 7.05 Å². The molecule has 0 fully saturated rings. The number of nitro groups is 1. The zero-order valence-corrected chi connectivity index (χ0v) is 13.0. The molecule has 0 saturated carbocycles. The highest BCUT2D eigenvalue weighted by molar-refractivity contribution is 5.94. The number of carbonyl (C=O) groups excluding carboxylic acids is 1. The Morgan fingerprint density at radius 3 is 2.52 bits per heavy atom. The zero-order valence-electron chi connectivity index (χ0n) is 13.0. The van der Waals surface area contributed by atoms with Crippen molar-refractivity contribution in [3.63, 3.8) is 0 Å². The first kappa shape index (κ1) is 18.2. The van der Waals surface area contributed by atoms with E-state index in [0.29, 0.717) is 0 Å². The topological polar surface area (TPSA) is 72.7 Å². The van der Waals surface area contributed by atoms with Gasteiger partial charge >= 0.3 is 6.36 Å². The van der Waals surface area contributed by atoms with Gasteiger partial charge in [0.15, 0.2) is 0 Å². The maximum Gasteiger partial charge on any atom is 0.573 e. The van der Waals surface area contributed by atoms with Crippen molar-refractivity contribution in [3.8, 4) is 5.75 Å². The highest BCUT2D eigenvalue weighted by atomic mass is 19.4. The molecule has 9 heteroatoms. The van der Waals surface area contributed by atoms with Gasteiger partial charge in [0, 0.05) is 36.9 Å². The molecule has 132 valence electrons. The van der Waals surface area contributed by atoms with Gasteiger partial charge in [-0.2, -0.15) is 0 Å². The molecule has 6 nitrogen and oxygen atoms in total. The van der Waals surface area contributed by atoms with Gasteiger partial charge < -0.3 is 9.64 Å². The van der Waals surface area contributed by atoms with Gasteiger partial charge in [0.05, 0.1) is 4.92 Å². The molecule has 1 amide bonds. The van der Waals surface area contributed by atoms with E-state index in [1.807, 2.05) is 0 Å². The fourth-order valence-electron chi connectivity index (χ4n) is 2.16. The number of carbonyl (C=O) groups is 1. The Morgan fingerprint density at radius 1 is 1.20 bits per heavy atom. The van der Waals surface area contributed by atoms with E-state index >= 15 is 0 Å². The summed E-state index contributed by atoms with van der Waals surface area (Å²) in [5.74, 6) is -0.973. The smallest absolute Gasteiger partial charge is 0.405 e. The molecule has 0 aromatic heterocycles. The number of rotatable bonds is 5. The minimum atomic E-state index is -4.85. The molecule has 0 heterocycles. The Labute approximate surface area is 140 Å². The number of halogens is 3. The summed E-state index contributed by atoms with van der Waals surface area (Å²) in [6.07, 6.45) is -4.85. The lowest BCUT2D eigenvalue weighted by Crippen LogP contribution is -2.27. The average Bonchev–Trinajstić information content (AvgIpc) is 2.54. The third kappa shape index (κ3) is 4.93. The molecular formula is C16H13F3N2O4. The SMILES string of the molecule is CN(Cc1ccccc1OC(F)(F)F)C(=O)c1cccc([N+](=O)[O-])c1. The summed E-state index contributed by atoms with van der Waals surface area (Å²) in [5.41, 5.74) is -0.0351.